The smallest absolute Gasteiger partial charge is 0.296 e. The highest BCUT2D eigenvalue weighted by Crippen LogP contribution is 2.31. The van der Waals surface area contributed by atoms with Crippen LogP contribution < -0.4 is 5.69 Å². The SMILES string of the molecule is CCCCc1c(C=O)n(CCC(C)C)c(=O)n1Cc1ccc(-c2ccccc2)c(-c2nnn[nH]2)c1. The summed E-state index contributed by atoms with van der Waals surface area (Å²) in [4.78, 5) is 25.6. The highest BCUT2D eigenvalue weighted by molar-refractivity contribution is 5.81. The van der Waals surface area contributed by atoms with Gasteiger partial charge in [0.15, 0.2) is 12.1 Å². The molecule has 8 heteroatoms. The third-order valence-corrected chi connectivity index (χ3v) is 6.29. The maximum Gasteiger partial charge on any atom is 0.329 e. The average Bonchev–Trinajstić information content (AvgIpc) is 3.49. The van der Waals surface area contributed by atoms with Crippen molar-refractivity contribution in [2.45, 2.75) is 59.5 Å². The standard InChI is InChI=1S/C27H32N6O2/c1-4-5-11-24-25(18-34)32(15-14-19(2)3)27(35)33(24)17-20-12-13-22(21-9-7-6-8-10-21)23(16-20)26-28-30-31-29-26/h6-10,12-13,16,18-19H,4-5,11,14-15,17H2,1-3H3,(H,28,29,30,31). The summed E-state index contributed by atoms with van der Waals surface area (Å²) in [6, 6.07) is 16.1. The number of hydrogen-bond acceptors (Lipinski definition) is 5. The number of aromatic nitrogens is 6. The fourth-order valence-corrected chi connectivity index (χ4v) is 4.37. The van der Waals surface area contributed by atoms with Crippen molar-refractivity contribution in [2.75, 3.05) is 0 Å². The molecule has 0 amide bonds. The van der Waals surface area contributed by atoms with Crippen molar-refractivity contribution < 1.29 is 4.79 Å². The summed E-state index contributed by atoms with van der Waals surface area (Å²) in [5.74, 6) is 1.000. The van der Waals surface area contributed by atoms with Gasteiger partial charge in [-0.1, -0.05) is 69.7 Å². The Morgan fingerprint density at radius 3 is 2.51 bits per heavy atom. The van der Waals surface area contributed by atoms with E-state index in [0.29, 0.717) is 36.9 Å². The van der Waals surface area contributed by atoms with Crippen LogP contribution in [0.2, 0.25) is 0 Å². The Labute approximate surface area is 205 Å². The number of carbonyl (C=O) groups is 1. The predicted octanol–water partition coefficient (Wildman–Crippen LogP) is 4.75. The highest BCUT2D eigenvalue weighted by Gasteiger charge is 2.20. The van der Waals surface area contributed by atoms with Crippen LogP contribution in [0, 0.1) is 5.92 Å². The van der Waals surface area contributed by atoms with Gasteiger partial charge in [0.2, 0.25) is 0 Å². The number of nitrogens with one attached hydrogen (secondary N) is 1. The van der Waals surface area contributed by atoms with E-state index in [0.717, 1.165) is 53.5 Å². The van der Waals surface area contributed by atoms with E-state index in [1.165, 1.54) is 0 Å². The largest absolute Gasteiger partial charge is 0.329 e. The van der Waals surface area contributed by atoms with E-state index in [1.807, 2.05) is 48.5 Å². The number of nitrogens with zero attached hydrogens (tertiary/aromatic N) is 5. The minimum atomic E-state index is -0.131. The van der Waals surface area contributed by atoms with E-state index in [-0.39, 0.29) is 5.69 Å². The van der Waals surface area contributed by atoms with E-state index >= 15 is 0 Å². The molecule has 4 rings (SSSR count). The van der Waals surface area contributed by atoms with Gasteiger partial charge in [-0.3, -0.25) is 13.9 Å². The maximum absolute atomic E-state index is 13.5. The van der Waals surface area contributed by atoms with Crippen LogP contribution >= 0.6 is 0 Å². The molecule has 0 unspecified atom stereocenters. The predicted molar refractivity (Wildman–Crippen MR) is 136 cm³/mol. The molecule has 4 aromatic rings. The number of imidazole rings is 1. The van der Waals surface area contributed by atoms with Crippen molar-refractivity contribution in [3.63, 3.8) is 0 Å². The van der Waals surface area contributed by atoms with Crippen LogP contribution in [-0.4, -0.2) is 36.0 Å². The first-order valence-corrected chi connectivity index (χ1v) is 12.2. The molecule has 35 heavy (non-hydrogen) atoms. The van der Waals surface area contributed by atoms with Crippen LogP contribution in [-0.2, 0) is 19.5 Å². The quantitative estimate of drug-likeness (QED) is 0.318. The lowest BCUT2D eigenvalue weighted by atomic mass is 9.97. The fraction of sp³-hybridized carbons (Fsp3) is 0.370. The van der Waals surface area contributed by atoms with Crippen molar-refractivity contribution >= 4 is 6.29 Å². The number of tetrazole rings is 1. The summed E-state index contributed by atoms with van der Waals surface area (Å²) in [6.07, 6.45) is 4.27. The van der Waals surface area contributed by atoms with Crippen molar-refractivity contribution in [1.82, 2.24) is 29.8 Å². The second-order valence-corrected chi connectivity index (χ2v) is 9.25. The lowest BCUT2D eigenvalue weighted by Crippen LogP contribution is -2.26. The van der Waals surface area contributed by atoms with Gasteiger partial charge in [-0.15, -0.1) is 5.10 Å². The summed E-state index contributed by atoms with van der Waals surface area (Å²) in [5, 5.41) is 14.5. The minimum Gasteiger partial charge on any atom is -0.296 e. The molecule has 1 N–H and O–H groups in total. The van der Waals surface area contributed by atoms with Crippen molar-refractivity contribution in [3.8, 4) is 22.5 Å². The van der Waals surface area contributed by atoms with E-state index < -0.39 is 0 Å². The number of aldehydes is 1. The van der Waals surface area contributed by atoms with Crippen molar-refractivity contribution in [1.29, 1.82) is 0 Å². The summed E-state index contributed by atoms with van der Waals surface area (Å²) >= 11 is 0. The molecule has 8 nitrogen and oxygen atoms in total. The summed E-state index contributed by atoms with van der Waals surface area (Å²) in [6.45, 7) is 7.26. The van der Waals surface area contributed by atoms with Crippen molar-refractivity contribution in [2.24, 2.45) is 5.92 Å². The van der Waals surface area contributed by atoms with Crippen molar-refractivity contribution in [3.05, 3.63) is 76.0 Å². The van der Waals surface area contributed by atoms with Gasteiger partial charge in [0.05, 0.1) is 12.2 Å². The number of unbranched alkanes of at least 4 members (excludes halogenated alkanes) is 1. The fourth-order valence-electron chi connectivity index (χ4n) is 4.37. The number of hydrogen-bond donors (Lipinski definition) is 1. The van der Waals surface area contributed by atoms with Gasteiger partial charge < -0.3 is 0 Å². The third kappa shape index (κ3) is 5.31. The zero-order valence-corrected chi connectivity index (χ0v) is 20.6. The molecule has 0 spiro atoms. The molecule has 0 saturated carbocycles. The van der Waals surface area contributed by atoms with Crippen LogP contribution in [0.4, 0.5) is 0 Å². The number of H-pyrrole nitrogens is 1. The molecule has 0 bridgehead atoms. The molecule has 2 heterocycles. The second kappa shape index (κ2) is 11.1. The molecular formula is C27H32N6O2. The number of aromatic amines is 1. The number of carbonyl (C=O) groups excluding carboxylic acids is 1. The Bertz CT molecular complexity index is 1320. The monoisotopic (exact) mass is 472 g/mol. The van der Waals surface area contributed by atoms with Gasteiger partial charge in [0, 0.05) is 12.1 Å². The molecule has 2 aromatic heterocycles. The molecule has 2 aromatic carbocycles. The second-order valence-electron chi connectivity index (χ2n) is 9.25. The molecule has 0 fully saturated rings. The van der Waals surface area contributed by atoms with Crippen LogP contribution in [0.1, 0.15) is 61.8 Å². The Kier molecular flexibility index (Phi) is 7.70. The first-order chi connectivity index (χ1) is 17.0. The van der Waals surface area contributed by atoms with E-state index in [2.05, 4.69) is 41.4 Å². The lowest BCUT2D eigenvalue weighted by molar-refractivity contribution is 0.111. The van der Waals surface area contributed by atoms with Gasteiger partial charge in [-0.25, -0.2) is 9.89 Å². The maximum atomic E-state index is 13.5. The van der Waals surface area contributed by atoms with Gasteiger partial charge in [-0.05, 0) is 58.4 Å². The molecule has 0 aliphatic carbocycles. The zero-order valence-electron chi connectivity index (χ0n) is 20.6. The summed E-state index contributed by atoms with van der Waals surface area (Å²) in [5.41, 5.74) is 5.03. The van der Waals surface area contributed by atoms with Crippen LogP contribution in [0.15, 0.2) is 53.3 Å². The van der Waals surface area contributed by atoms with Gasteiger partial charge in [0.1, 0.15) is 5.69 Å². The molecule has 0 aliphatic rings. The molecule has 0 atom stereocenters. The van der Waals surface area contributed by atoms with E-state index in [4.69, 9.17) is 0 Å². The molecule has 182 valence electrons. The lowest BCUT2D eigenvalue weighted by Gasteiger charge is -2.12. The zero-order chi connectivity index (χ0) is 24.8. The molecule has 0 saturated heterocycles. The average molecular weight is 473 g/mol. The first-order valence-electron chi connectivity index (χ1n) is 12.2. The normalized spacial score (nSPS) is 11.3. The Balaban J connectivity index is 1.79. The third-order valence-electron chi connectivity index (χ3n) is 6.29. The molecular weight excluding hydrogens is 440 g/mol. The Morgan fingerprint density at radius 2 is 1.86 bits per heavy atom. The van der Waals surface area contributed by atoms with Crippen LogP contribution in [0.3, 0.4) is 0 Å². The number of rotatable bonds is 11. The Morgan fingerprint density at radius 1 is 1.06 bits per heavy atom. The van der Waals surface area contributed by atoms with Gasteiger partial charge in [-0.2, -0.15) is 0 Å². The van der Waals surface area contributed by atoms with E-state index in [1.54, 1.807) is 9.13 Å². The molecule has 0 aliphatic heterocycles. The summed E-state index contributed by atoms with van der Waals surface area (Å²) in [7, 11) is 0. The highest BCUT2D eigenvalue weighted by atomic mass is 16.2. The van der Waals surface area contributed by atoms with Crippen LogP contribution in [0.25, 0.3) is 22.5 Å². The van der Waals surface area contributed by atoms with Crippen LogP contribution in [0.5, 0.6) is 0 Å². The minimum absolute atomic E-state index is 0.131. The van der Waals surface area contributed by atoms with E-state index in [9.17, 15) is 9.59 Å². The first kappa shape index (κ1) is 24.3. The molecule has 0 radical (unpaired) electrons. The van der Waals surface area contributed by atoms with Gasteiger partial charge >= 0.3 is 5.69 Å². The topological polar surface area (TPSA) is 98.5 Å². The van der Waals surface area contributed by atoms with Gasteiger partial charge in [0.25, 0.3) is 0 Å². The number of benzene rings is 2. The summed E-state index contributed by atoms with van der Waals surface area (Å²) < 4.78 is 3.41. The Hall–Kier alpha value is -3.81.